The fourth-order valence-electron chi connectivity index (χ4n) is 2.53. The Labute approximate surface area is 193 Å². The SMILES string of the molecule is CCOC(=O)c1cc(NS(=O)(=O)c2ccc(Cl)cc2Cl)ccc1Oc1cncc(Cl)c1. The molecule has 31 heavy (non-hydrogen) atoms. The number of sulfonamides is 1. The molecule has 162 valence electrons. The van der Waals surface area contributed by atoms with Gasteiger partial charge in [-0.2, -0.15) is 0 Å². The second-order valence-corrected chi connectivity index (χ2v) is 8.98. The number of esters is 1. The summed E-state index contributed by atoms with van der Waals surface area (Å²) in [6.45, 7) is 1.77. The van der Waals surface area contributed by atoms with Gasteiger partial charge >= 0.3 is 5.97 Å². The number of benzene rings is 2. The predicted octanol–water partition coefficient (Wildman–Crippen LogP) is 5.81. The van der Waals surface area contributed by atoms with Crippen molar-refractivity contribution in [1.29, 1.82) is 0 Å². The molecule has 0 aliphatic heterocycles. The lowest BCUT2D eigenvalue weighted by Crippen LogP contribution is -2.14. The molecule has 7 nitrogen and oxygen atoms in total. The molecular formula is C20H15Cl3N2O5S. The van der Waals surface area contributed by atoms with Crippen molar-refractivity contribution in [1.82, 2.24) is 4.98 Å². The Morgan fingerprint density at radius 3 is 2.48 bits per heavy atom. The molecule has 11 heteroatoms. The number of hydrogen-bond acceptors (Lipinski definition) is 6. The van der Waals surface area contributed by atoms with Crippen molar-refractivity contribution in [3.8, 4) is 11.5 Å². The molecule has 0 aliphatic carbocycles. The van der Waals surface area contributed by atoms with E-state index in [1.807, 2.05) is 0 Å². The van der Waals surface area contributed by atoms with Crippen LogP contribution in [-0.2, 0) is 14.8 Å². The van der Waals surface area contributed by atoms with Crippen LogP contribution in [0.15, 0.2) is 59.8 Å². The normalized spacial score (nSPS) is 11.1. The van der Waals surface area contributed by atoms with E-state index >= 15 is 0 Å². The largest absolute Gasteiger partial charge is 0.462 e. The van der Waals surface area contributed by atoms with Gasteiger partial charge in [-0.25, -0.2) is 13.2 Å². The van der Waals surface area contributed by atoms with Crippen LogP contribution in [0.25, 0.3) is 0 Å². The molecular weight excluding hydrogens is 487 g/mol. The molecule has 0 spiro atoms. The van der Waals surface area contributed by atoms with E-state index in [4.69, 9.17) is 44.3 Å². The van der Waals surface area contributed by atoms with E-state index in [1.165, 1.54) is 54.9 Å². The molecule has 3 rings (SSSR count). The average molecular weight is 502 g/mol. The van der Waals surface area contributed by atoms with Gasteiger partial charge in [0.25, 0.3) is 10.0 Å². The average Bonchev–Trinajstić information content (AvgIpc) is 2.69. The Kier molecular flexibility index (Phi) is 7.27. The van der Waals surface area contributed by atoms with E-state index in [2.05, 4.69) is 9.71 Å². The molecule has 2 aromatic carbocycles. The van der Waals surface area contributed by atoms with Gasteiger partial charge < -0.3 is 9.47 Å². The minimum absolute atomic E-state index is 0.00392. The fraction of sp³-hybridized carbons (Fsp3) is 0.100. The number of anilines is 1. The topological polar surface area (TPSA) is 94.6 Å². The Hall–Kier alpha value is -2.52. The van der Waals surface area contributed by atoms with E-state index in [9.17, 15) is 13.2 Å². The summed E-state index contributed by atoms with van der Waals surface area (Å²) in [5, 5.41) is 0.601. The summed E-state index contributed by atoms with van der Waals surface area (Å²) < 4.78 is 38.6. The molecule has 1 heterocycles. The number of halogens is 3. The van der Waals surface area contributed by atoms with Gasteiger partial charge in [0.15, 0.2) is 0 Å². The Bertz CT molecular complexity index is 1240. The van der Waals surface area contributed by atoms with Gasteiger partial charge in [0.05, 0.1) is 22.8 Å². The van der Waals surface area contributed by atoms with Crippen LogP contribution in [0, 0.1) is 0 Å². The maximum atomic E-state index is 12.7. The first-order chi connectivity index (χ1) is 14.7. The van der Waals surface area contributed by atoms with Gasteiger partial charge in [-0.05, 0) is 43.3 Å². The van der Waals surface area contributed by atoms with E-state index < -0.39 is 16.0 Å². The van der Waals surface area contributed by atoms with Crippen LogP contribution in [0.5, 0.6) is 11.5 Å². The number of hydrogen-bond donors (Lipinski definition) is 1. The molecule has 1 N–H and O–H groups in total. The van der Waals surface area contributed by atoms with Crippen LogP contribution >= 0.6 is 34.8 Å². The van der Waals surface area contributed by atoms with E-state index in [-0.39, 0.29) is 33.5 Å². The van der Waals surface area contributed by atoms with Gasteiger partial charge in [0, 0.05) is 23.0 Å². The molecule has 1 aromatic heterocycles. The van der Waals surface area contributed by atoms with Crippen LogP contribution in [0.2, 0.25) is 15.1 Å². The first-order valence-corrected chi connectivity index (χ1v) is 11.4. The van der Waals surface area contributed by atoms with Gasteiger partial charge in [-0.3, -0.25) is 9.71 Å². The fourth-order valence-corrected chi connectivity index (χ4v) is 4.52. The number of carbonyl (C=O) groups is 1. The quantitative estimate of drug-likeness (QED) is 0.410. The second-order valence-electron chi connectivity index (χ2n) is 6.05. The highest BCUT2D eigenvalue weighted by molar-refractivity contribution is 7.92. The number of carbonyl (C=O) groups excluding carboxylic acids is 1. The molecule has 0 saturated heterocycles. The lowest BCUT2D eigenvalue weighted by atomic mass is 10.2. The standard InChI is InChI=1S/C20H15Cl3N2O5S/c1-2-29-20(26)16-9-14(4-5-18(16)30-15-7-13(22)10-24-11-15)25-31(27,28)19-6-3-12(21)8-17(19)23/h3-11,25H,2H2,1H3. The third-order valence-corrected chi connectivity index (χ3v) is 6.12. The van der Waals surface area contributed by atoms with E-state index in [0.717, 1.165) is 0 Å². The summed E-state index contributed by atoms with van der Waals surface area (Å²) in [4.78, 5) is 16.2. The Balaban J connectivity index is 1.96. The maximum absolute atomic E-state index is 12.7. The van der Waals surface area contributed by atoms with Gasteiger partial charge in [0.2, 0.25) is 0 Å². The second kappa shape index (κ2) is 9.74. The maximum Gasteiger partial charge on any atom is 0.342 e. The summed E-state index contributed by atoms with van der Waals surface area (Å²) >= 11 is 17.8. The molecule has 0 saturated carbocycles. The minimum Gasteiger partial charge on any atom is -0.462 e. The van der Waals surface area contributed by atoms with Crippen molar-refractivity contribution in [2.45, 2.75) is 11.8 Å². The zero-order chi connectivity index (χ0) is 22.6. The summed E-state index contributed by atoms with van der Waals surface area (Å²) in [7, 11) is -4.05. The van der Waals surface area contributed by atoms with Crippen LogP contribution < -0.4 is 9.46 Å². The number of rotatable bonds is 7. The molecule has 3 aromatic rings. The third-order valence-electron chi connectivity index (χ3n) is 3.82. The highest BCUT2D eigenvalue weighted by Gasteiger charge is 2.21. The van der Waals surface area contributed by atoms with Crippen molar-refractivity contribution in [3.63, 3.8) is 0 Å². The first kappa shape index (κ1) is 23.1. The number of aromatic nitrogens is 1. The number of nitrogens with zero attached hydrogens (tertiary/aromatic N) is 1. The summed E-state index contributed by atoms with van der Waals surface area (Å²) in [5.41, 5.74) is 0.106. The van der Waals surface area contributed by atoms with Crippen LogP contribution in [-0.4, -0.2) is 26.0 Å². The molecule has 0 aliphatic rings. The predicted molar refractivity (Wildman–Crippen MR) is 119 cm³/mol. The van der Waals surface area contributed by atoms with Crippen LogP contribution in [0.3, 0.4) is 0 Å². The zero-order valence-corrected chi connectivity index (χ0v) is 19.0. The monoisotopic (exact) mass is 500 g/mol. The van der Waals surface area contributed by atoms with Crippen molar-refractivity contribution < 1.29 is 22.7 Å². The first-order valence-electron chi connectivity index (χ1n) is 8.77. The van der Waals surface area contributed by atoms with Gasteiger partial charge in [-0.1, -0.05) is 34.8 Å². The number of nitrogens with one attached hydrogen (secondary N) is 1. The Morgan fingerprint density at radius 2 is 1.81 bits per heavy atom. The molecule has 0 amide bonds. The van der Waals surface area contributed by atoms with Gasteiger partial charge in [-0.15, -0.1) is 0 Å². The van der Waals surface area contributed by atoms with E-state index in [1.54, 1.807) is 6.92 Å². The molecule has 0 radical (unpaired) electrons. The van der Waals surface area contributed by atoms with E-state index in [0.29, 0.717) is 15.8 Å². The number of ether oxygens (including phenoxy) is 2. The van der Waals surface area contributed by atoms with Crippen molar-refractivity contribution in [3.05, 3.63) is 75.5 Å². The lowest BCUT2D eigenvalue weighted by molar-refractivity contribution is 0.0523. The molecule has 0 unspecified atom stereocenters. The zero-order valence-electron chi connectivity index (χ0n) is 15.9. The molecule has 0 bridgehead atoms. The smallest absolute Gasteiger partial charge is 0.342 e. The third kappa shape index (κ3) is 5.80. The summed E-state index contributed by atoms with van der Waals surface area (Å²) in [6.07, 6.45) is 2.85. The van der Waals surface area contributed by atoms with Crippen LogP contribution in [0.4, 0.5) is 5.69 Å². The van der Waals surface area contributed by atoms with Crippen LogP contribution in [0.1, 0.15) is 17.3 Å². The van der Waals surface area contributed by atoms with Crippen molar-refractivity contribution in [2.75, 3.05) is 11.3 Å². The summed E-state index contributed by atoms with van der Waals surface area (Å²) in [5.74, 6) is -0.271. The Morgan fingerprint density at radius 1 is 1.03 bits per heavy atom. The molecule has 0 fully saturated rings. The van der Waals surface area contributed by atoms with Gasteiger partial charge in [0.1, 0.15) is 22.0 Å². The minimum atomic E-state index is -4.05. The summed E-state index contributed by atoms with van der Waals surface area (Å²) in [6, 6.07) is 9.67. The highest BCUT2D eigenvalue weighted by atomic mass is 35.5. The molecule has 0 atom stereocenters. The van der Waals surface area contributed by atoms with Crippen molar-refractivity contribution in [2.24, 2.45) is 0 Å². The highest BCUT2D eigenvalue weighted by Crippen LogP contribution is 2.31. The lowest BCUT2D eigenvalue weighted by Gasteiger charge is -2.14. The van der Waals surface area contributed by atoms with Crippen molar-refractivity contribution >= 4 is 56.5 Å². The number of pyridine rings is 1.